The van der Waals surface area contributed by atoms with E-state index in [2.05, 4.69) is 63.4 Å². The normalized spacial score (nSPS) is 16.5. The molecular formula is C22H30IN5. The third-order valence-corrected chi connectivity index (χ3v) is 5.42. The summed E-state index contributed by atoms with van der Waals surface area (Å²) in [6.45, 7) is 7.86. The van der Waals surface area contributed by atoms with Gasteiger partial charge >= 0.3 is 0 Å². The topological polar surface area (TPSA) is 43.8 Å². The molecule has 1 aromatic heterocycles. The first kappa shape index (κ1) is 20.9. The molecule has 28 heavy (non-hydrogen) atoms. The van der Waals surface area contributed by atoms with Crippen LogP contribution in [0, 0.1) is 0 Å². The number of nitrogens with zero attached hydrogens (tertiary/aromatic N) is 4. The summed E-state index contributed by atoms with van der Waals surface area (Å²) in [6, 6.07) is 13.0. The Hall–Kier alpha value is -1.83. The predicted octanol–water partition coefficient (Wildman–Crippen LogP) is 3.82. The monoisotopic (exact) mass is 491 g/mol. The fourth-order valence-electron chi connectivity index (χ4n) is 3.91. The lowest BCUT2D eigenvalue weighted by atomic mass is 10.0. The van der Waals surface area contributed by atoms with E-state index in [0.29, 0.717) is 6.54 Å². The van der Waals surface area contributed by atoms with Crippen LogP contribution >= 0.6 is 24.0 Å². The average molecular weight is 491 g/mol. The minimum absolute atomic E-state index is 0. The Labute approximate surface area is 185 Å². The van der Waals surface area contributed by atoms with Gasteiger partial charge in [-0.1, -0.05) is 30.3 Å². The Bertz CT molecular complexity index is 784. The number of fused-ring (bicyclic) bond motifs is 1. The lowest BCUT2D eigenvalue weighted by Gasteiger charge is -2.31. The van der Waals surface area contributed by atoms with Crippen molar-refractivity contribution in [3.8, 4) is 0 Å². The highest BCUT2D eigenvalue weighted by Crippen LogP contribution is 2.20. The van der Waals surface area contributed by atoms with Gasteiger partial charge in [-0.2, -0.15) is 0 Å². The molecule has 2 aliphatic rings. The molecule has 0 amide bonds. The molecule has 1 N–H and O–H groups in total. The van der Waals surface area contributed by atoms with Gasteiger partial charge in [-0.3, -0.25) is 0 Å². The van der Waals surface area contributed by atoms with Crippen LogP contribution in [0.15, 0.2) is 47.6 Å². The van der Waals surface area contributed by atoms with E-state index in [0.717, 1.165) is 56.5 Å². The number of aliphatic imine (C=N–C) groups is 1. The number of pyridine rings is 1. The van der Waals surface area contributed by atoms with E-state index in [1.165, 1.54) is 24.0 Å². The van der Waals surface area contributed by atoms with Crippen molar-refractivity contribution in [1.82, 2.24) is 15.2 Å². The molecule has 150 valence electrons. The maximum Gasteiger partial charge on any atom is 0.194 e. The summed E-state index contributed by atoms with van der Waals surface area (Å²) in [5, 5.41) is 3.46. The van der Waals surface area contributed by atoms with Crippen LogP contribution in [0.25, 0.3) is 0 Å². The second-order valence-corrected chi connectivity index (χ2v) is 7.33. The summed E-state index contributed by atoms with van der Waals surface area (Å²) in [4.78, 5) is 14.3. The first-order chi connectivity index (χ1) is 13.3. The Balaban J connectivity index is 0.00000225. The van der Waals surface area contributed by atoms with Crippen LogP contribution in [0.5, 0.6) is 0 Å². The lowest BCUT2D eigenvalue weighted by molar-refractivity contribution is 0.378. The van der Waals surface area contributed by atoms with Gasteiger partial charge < -0.3 is 15.1 Å². The van der Waals surface area contributed by atoms with Crippen molar-refractivity contribution in [3.63, 3.8) is 0 Å². The molecule has 0 saturated carbocycles. The first-order valence-corrected chi connectivity index (χ1v) is 10.1. The molecule has 2 aromatic rings. The fourth-order valence-corrected chi connectivity index (χ4v) is 3.91. The molecule has 6 heteroatoms. The Kier molecular flexibility index (Phi) is 7.53. The maximum atomic E-state index is 4.89. The molecule has 0 atom stereocenters. The van der Waals surface area contributed by atoms with Crippen LogP contribution in [0.1, 0.15) is 36.5 Å². The predicted molar refractivity (Wildman–Crippen MR) is 126 cm³/mol. The minimum Gasteiger partial charge on any atom is -0.357 e. The highest BCUT2D eigenvalue weighted by atomic mass is 127. The molecule has 0 unspecified atom stereocenters. The van der Waals surface area contributed by atoms with E-state index in [1.807, 2.05) is 6.20 Å². The molecule has 0 aliphatic carbocycles. The second-order valence-electron chi connectivity index (χ2n) is 7.33. The number of anilines is 1. The number of rotatable bonds is 4. The molecule has 2 aliphatic heterocycles. The van der Waals surface area contributed by atoms with E-state index in [9.17, 15) is 0 Å². The molecule has 3 heterocycles. The zero-order valence-electron chi connectivity index (χ0n) is 16.6. The van der Waals surface area contributed by atoms with Crippen molar-refractivity contribution in [2.75, 3.05) is 31.1 Å². The lowest BCUT2D eigenvalue weighted by Crippen LogP contribution is -2.44. The zero-order chi connectivity index (χ0) is 18.5. The van der Waals surface area contributed by atoms with Crippen molar-refractivity contribution in [2.45, 2.75) is 39.3 Å². The van der Waals surface area contributed by atoms with Crippen molar-refractivity contribution in [2.24, 2.45) is 4.99 Å². The maximum absolute atomic E-state index is 4.89. The number of hydrogen-bond acceptors (Lipinski definition) is 3. The van der Waals surface area contributed by atoms with E-state index in [1.54, 1.807) is 0 Å². The van der Waals surface area contributed by atoms with Gasteiger partial charge in [0.2, 0.25) is 0 Å². The SMILES string of the molecule is CCNC(=NCc1ccc(N2CCCC2)nc1)N1CCc2ccccc2C1.I. The first-order valence-electron chi connectivity index (χ1n) is 10.1. The Morgan fingerprint density at radius 3 is 2.57 bits per heavy atom. The van der Waals surface area contributed by atoms with Crippen LogP contribution < -0.4 is 10.2 Å². The quantitative estimate of drug-likeness (QED) is 0.401. The van der Waals surface area contributed by atoms with E-state index >= 15 is 0 Å². The van der Waals surface area contributed by atoms with Crippen molar-refractivity contribution >= 4 is 35.8 Å². The molecule has 1 fully saturated rings. The minimum atomic E-state index is 0. The highest BCUT2D eigenvalue weighted by Gasteiger charge is 2.18. The molecule has 0 radical (unpaired) electrons. The summed E-state index contributed by atoms with van der Waals surface area (Å²) >= 11 is 0. The number of benzene rings is 1. The molecule has 5 nitrogen and oxygen atoms in total. The fraction of sp³-hybridized carbons (Fsp3) is 0.455. The summed E-state index contributed by atoms with van der Waals surface area (Å²) < 4.78 is 0. The van der Waals surface area contributed by atoms with Gasteiger partial charge in [0.25, 0.3) is 0 Å². The molecule has 1 aromatic carbocycles. The highest BCUT2D eigenvalue weighted by molar-refractivity contribution is 14.0. The number of halogens is 1. The molecule has 0 bridgehead atoms. The summed E-state index contributed by atoms with van der Waals surface area (Å²) in [6.07, 6.45) is 5.61. The van der Waals surface area contributed by atoms with Crippen LogP contribution in [0.4, 0.5) is 5.82 Å². The molecule has 1 saturated heterocycles. The number of aromatic nitrogens is 1. The van der Waals surface area contributed by atoms with Gasteiger partial charge in [0.05, 0.1) is 6.54 Å². The third-order valence-electron chi connectivity index (χ3n) is 5.42. The summed E-state index contributed by atoms with van der Waals surface area (Å²) in [5.41, 5.74) is 4.03. The van der Waals surface area contributed by atoms with Gasteiger partial charge in [-0.25, -0.2) is 9.98 Å². The summed E-state index contributed by atoms with van der Waals surface area (Å²) in [5.74, 6) is 2.09. The number of guanidine groups is 1. The van der Waals surface area contributed by atoms with E-state index < -0.39 is 0 Å². The van der Waals surface area contributed by atoms with Crippen LogP contribution in [-0.2, 0) is 19.5 Å². The second kappa shape index (κ2) is 10.1. The van der Waals surface area contributed by atoms with Gasteiger partial charge in [0.15, 0.2) is 5.96 Å². The van der Waals surface area contributed by atoms with Gasteiger partial charge in [-0.05, 0) is 48.9 Å². The van der Waals surface area contributed by atoms with Gasteiger partial charge in [-0.15, -0.1) is 24.0 Å². The molecule has 4 rings (SSSR count). The molecular weight excluding hydrogens is 461 g/mol. The average Bonchev–Trinajstić information content (AvgIpc) is 3.26. The van der Waals surface area contributed by atoms with Gasteiger partial charge in [0.1, 0.15) is 5.82 Å². The van der Waals surface area contributed by atoms with Crippen molar-refractivity contribution in [3.05, 3.63) is 59.3 Å². The number of hydrogen-bond donors (Lipinski definition) is 1. The van der Waals surface area contributed by atoms with Crippen LogP contribution in [0.3, 0.4) is 0 Å². The van der Waals surface area contributed by atoms with E-state index in [-0.39, 0.29) is 24.0 Å². The smallest absolute Gasteiger partial charge is 0.194 e. The third kappa shape index (κ3) is 4.96. The summed E-state index contributed by atoms with van der Waals surface area (Å²) in [7, 11) is 0. The van der Waals surface area contributed by atoms with Crippen LogP contribution in [-0.4, -0.2) is 42.0 Å². The van der Waals surface area contributed by atoms with Gasteiger partial charge in [0, 0.05) is 38.9 Å². The zero-order valence-corrected chi connectivity index (χ0v) is 18.9. The van der Waals surface area contributed by atoms with Crippen molar-refractivity contribution in [1.29, 1.82) is 0 Å². The molecule has 0 spiro atoms. The Morgan fingerprint density at radius 2 is 1.86 bits per heavy atom. The van der Waals surface area contributed by atoms with E-state index in [4.69, 9.17) is 4.99 Å². The standard InChI is InChI=1S/C22H29N5.HI/c1-2-23-22(27-14-11-19-7-3-4-8-20(19)17-27)25-16-18-9-10-21(24-15-18)26-12-5-6-13-26;/h3-4,7-10,15H,2,5-6,11-14,16-17H2,1H3,(H,23,25);1H. The number of nitrogens with one attached hydrogen (secondary N) is 1. The Morgan fingerprint density at radius 1 is 1.07 bits per heavy atom. The van der Waals surface area contributed by atoms with Crippen molar-refractivity contribution < 1.29 is 0 Å². The van der Waals surface area contributed by atoms with Crippen LogP contribution in [0.2, 0.25) is 0 Å². The largest absolute Gasteiger partial charge is 0.357 e.